The highest BCUT2D eigenvalue weighted by Crippen LogP contribution is 2.43. The normalized spacial score (nSPS) is 11.5. The van der Waals surface area contributed by atoms with Crippen molar-refractivity contribution in [1.29, 1.82) is 0 Å². The summed E-state index contributed by atoms with van der Waals surface area (Å²) in [6.07, 6.45) is -3.61. The number of pyridine rings is 1. The van der Waals surface area contributed by atoms with Crippen molar-refractivity contribution < 1.29 is 41.2 Å². The molecule has 220 valence electrons. The minimum atomic E-state index is -4.87. The van der Waals surface area contributed by atoms with Crippen LogP contribution in [0.5, 0.6) is 5.75 Å². The van der Waals surface area contributed by atoms with Crippen molar-refractivity contribution in [3.05, 3.63) is 98.8 Å². The van der Waals surface area contributed by atoms with Crippen LogP contribution in [0.2, 0.25) is 0 Å². The molecule has 3 aromatic heterocycles. The Hall–Kier alpha value is -5.45. The Morgan fingerprint density at radius 1 is 1.07 bits per heavy atom. The van der Waals surface area contributed by atoms with Crippen molar-refractivity contribution >= 4 is 44.7 Å². The van der Waals surface area contributed by atoms with E-state index in [1.807, 2.05) is 0 Å². The van der Waals surface area contributed by atoms with Crippen LogP contribution in [0.25, 0.3) is 21.3 Å². The van der Waals surface area contributed by atoms with E-state index in [2.05, 4.69) is 15.4 Å². The van der Waals surface area contributed by atoms with Gasteiger partial charge in [-0.15, -0.1) is 11.3 Å². The quantitative estimate of drug-likeness (QED) is 0.127. The van der Waals surface area contributed by atoms with E-state index in [0.29, 0.717) is 17.4 Å². The number of rotatable bonds is 8. The number of primary amides is 1. The van der Waals surface area contributed by atoms with Gasteiger partial charge >= 0.3 is 11.9 Å². The van der Waals surface area contributed by atoms with Crippen molar-refractivity contribution in [1.82, 2.24) is 14.8 Å². The summed E-state index contributed by atoms with van der Waals surface area (Å²) in [5.41, 5.74) is 3.23. The number of nitrogens with one attached hydrogen (secondary N) is 1. The Bertz CT molecular complexity index is 1910. The smallest absolute Gasteiger partial charge is 0.433 e. The van der Waals surface area contributed by atoms with E-state index in [4.69, 9.17) is 10.5 Å². The third-order valence-electron chi connectivity index (χ3n) is 5.91. The van der Waals surface area contributed by atoms with Gasteiger partial charge in [0.1, 0.15) is 27.0 Å². The van der Waals surface area contributed by atoms with Gasteiger partial charge in [0.15, 0.2) is 12.4 Å². The monoisotopic (exact) mass is 618 g/mol. The molecule has 5 aromatic rings. The summed E-state index contributed by atoms with van der Waals surface area (Å²) in [6.45, 7) is -0.468. The van der Waals surface area contributed by atoms with E-state index in [-0.39, 0.29) is 43.4 Å². The summed E-state index contributed by atoms with van der Waals surface area (Å²) < 4.78 is 74.5. The Labute approximate surface area is 240 Å². The number of nitro groups is 1. The molecular formula is C26H15F5N6O5S. The maximum atomic E-state index is 13.7. The molecule has 0 aliphatic rings. The number of nitrogens with zero attached hydrogens (tertiary/aromatic N) is 4. The second-order valence-electron chi connectivity index (χ2n) is 8.75. The van der Waals surface area contributed by atoms with Crippen molar-refractivity contribution in [2.45, 2.75) is 12.9 Å². The number of carbonyl (C=O) groups excluding carboxylic acids is 2. The molecule has 0 atom stereocenters. The van der Waals surface area contributed by atoms with Gasteiger partial charge in [0, 0.05) is 23.7 Å². The van der Waals surface area contributed by atoms with Crippen molar-refractivity contribution in [2.75, 3.05) is 5.32 Å². The van der Waals surface area contributed by atoms with Gasteiger partial charge in [0.05, 0.1) is 10.6 Å². The number of alkyl halides is 3. The van der Waals surface area contributed by atoms with Crippen LogP contribution in [0.15, 0.2) is 60.8 Å². The molecule has 17 heteroatoms. The number of aromatic nitrogens is 3. The summed E-state index contributed by atoms with van der Waals surface area (Å²) in [4.78, 5) is 38.9. The summed E-state index contributed by atoms with van der Waals surface area (Å²) in [5, 5.41) is 17.6. The Morgan fingerprint density at radius 2 is 1.77 bits per heavy atom. The number of hydrogen-bond donors (Lipinski definition) is 2. The molecule has 0 fully saturated rings. The zero-order valence-corrected chi connectivity index (χ0v) is 22.0. The van der Waals surface area contributed by atoms with Crippen molar-refractivity contribution in [3.8, 4) is 16.9 Å². The van der Waals surface area contributed by atoms with E-state index in [1.165, 1.54) is 24.4 Å². The maximum absolute atomic E-state index is 13.7. The first kappa shape index (κ1) is 29.1. The molecule has 0 unspecified atom stereocenters. The number of nitrogens with two attached hydrogens (primary N) is 1. The summed E-state index contributed by atoms with van der Waals surface area (Å²) >= 11 is 0.521. The van der Waals surface area contributed by atoms with Gasteiger partial charge in [-0.3, -0.25) is 19.7 Å². The summed E-state index contributed by atoms with van der Waals surface area (Å²) in [5.74, 6) is -3.80. The highest BCUT2D eigenvalue weighted by Gasteiger charge is 2.35. The van der Waals surface area contributed by atoms with Crippen LogP contribution in [-0.2, 0) is 12.9 Å². The minimum Gasteiger partial charge on any atom is -0.464 e. The third-order valence-corrected chi connectivity index (χ3v) is 7.01. The molecule has 0 aliphatic carbocycles. The van der Waals surface area contributed by atoms with Crippen molar-refractivity contribution in [2.24, 2.45) is 5.73 Å². The standard InChI is InChI=1S/C26H15F5N6O5S/c27-13-3-1-12(2-4-13)15-10-19(26(29,30)31)33-25-20(15)21(22(43-25)23(32)38)34-24(39)16-7-8-36(35-16)11-42-18-9-14(28)5-6-17(18)37(40)41/h1-10H,11H2,(H2,32,38)(H,34,39). The largest absolute Gasteiger partial charge is 0.464 e. The molecule has 3 N–H and O–H groups in total. The van der Waals surface area contributed by atoms with Gasteiger partial charge in [0.25, 0.3) is 11.8 Å². The zero-order chi connectivity index (χ0) is 31.1. The lowest BCUT2D eigenvalue weighted by Gasteiger charge is -2.12. The van der Waals surface area contributed by atoms with Crippen LogP contribution in [0.4, 0.5) is 33.3 Å². The second-order valence-corrected chi connectivity index (χ2v) is 9.75. The van der Waals surface area contributed by atoms with Crippen LogP contribution in [0.3, 0.4) is 0 Å². The van der Waals surface area contributed by atoms with Crippen LogP contribution in [0.1, 0.15) is 25.9 Å². The lowest BCUT2D eigenvalue weighted by molar-refractivity contribution is -0.386. The van der Waals surface area contributed by atoms with Gasteiger partial charge in [-0.05, 0) is 41.5 Å². The Morgan fingerprint density at radius 3 is 2.42 bits per heavy atom. The predicted molar refractivity (Wildman–Crippen MR) is 142 cm³/mol. The molecule has 0 radical (unpaired) electrons. The van der Waals surface area contributed by atoms with Crippen LogP contribution in [0, 0.1) is 21.7 Å². The lowest BCUT2D eigenvalue weighted by Crippen LogP contribution is -2.18. The van der Waals surface area contributed by atoms with Gasteiger partial charge in [-0.2, -0.15) is 18.3 Å². The van der Waals surface area contributed by atoms with E-state index in [1.54, 1.807) is 0 Å². The molecule has 43 heavy (non-hydrogen) atoms. The van der Waals surface area contributed by atoms with E-state index in [0.717, 1.165) is 35.0 Å². The van der Waals surface area contributed by atoms with Crippen LogP contribution in [-0.4, -0.2) is 31.5 Å². The average molecular weight is 619 g/mol. The number of halogens is 5. The Kier molecular flexibility index (Phi) is 7.49. The van der Waals surface area contributed by atoms with Crippen molar-refractivity contribution in [3.63, 3.8) is 0 Å². The highest BCUT2D eigenvalue weighted by atomic mass is 32.1. The highest BCUT2D eigenvalue weighted by molar-refractivity contribution is 7.21. The molecule has 5 rings (SSSR count). The van der Waals surface area contributed by atoms with Gasteiger partial charge in [-0.1, -0.05) is 12.1 Å². The first-order valence-corrected chi connectivity index (χ1v) is 12.7. The molecule has 3 heterocycles. The van der Waals surface area contributed by atoms with Crippen LogP contribution >= 0.6 is 11.3 Å². The molecule has 0 saturated heterocycles. The number of nitro benzene ring substituents is 1. The molecule has 0 spiro atoms. The molecule has 0 aliphatic heterocycles. The molecule has 0 bridgehead atoms. The van der Waals surface area contributed by atoms with Gasteiger partial charge < -0.3 is 15.8 Å². The van der Waals surface area contributed by atoms with Gasteiger partial charge in [0.2, 0.25) is 5.75 Å². The number of amides is 2. The summed E-state index contributed by atoms with van der Waals surface area (Å²) in [6, 6.07) is 9.04. The second kappa shape index (κ2) is 11.1. The maximum Gasteiger partial charge on any atom is 0.433 e. The number of thiophene rings is 1. The SMILES string of the molecule is NC(=O)c1sc2nc(C(F)(F)F)cc(-c3ccc(F)cc3)c2c1NC(=O)c1ccn(COc2cc(F)ccc2[N+](=O)[O-])n1. The number of hydrogen-bond acceptors (Lipinski definition) is 8. The van der Waals surface area contributed by atoms with E-state index in [9.17, 15) is 41.7 Å². The zero-order valence-electron chi connectivity index (χ0n) is 21.2. The molecule has 2 amide bonds. The molecular weight excluding hydrogens is 603 g/mol. The van der Waals surface area contributed by atoms with Crippen LogP contribution < -0.4 is 15.8 Å². The topological polar surface area (TPSA) is 155 Å². The average Bonchev–Trinajstić information content (AvgIpc) is 3.56. The fraction of sp³-hybridized carbons (Fsp3) is 0.0769. The fourth-order valence-electron chi connectivity index (χ4n) is 4.02. The number of fused-ring (bicyclic) bond motifs is 1. The number of anilines is 1. The van der Waals surface area contributed by atoms with E-state index < -0.39 is 52.7 Å². The number of carbonyl (C=O) groups is 2. The lowest BCUT2D eigenvalue weighted by atomic mass is 10.0. The predicted octanol–water partition coefficient (Wildman–Crippen LogP) is 5.75. The third kappa shape index (κ3) is 5.96. The number of ether oxygens (including phenoxy) is 1. The summed E-state index contributed by atoms with van der Waals surface area (Å²) in [7, 11) is 0. The Balaban J connectivity index is 1.50. The molecule has 2 aromatic carbocycles. The van der Waals surface area contributed by atoms with E-state index >= 15 is 0 Å². The molecule has 11 nitrogen and oxygen atoms in total. The minimum absolute atomic E-state index is 0.0482. The van der Waals surface area contributed by atoms with Gasteiger partial charge in [-0.25, -0.2) is 18.4 Å². The fourth-order valence-corrected chi connectivity index (χ4v) is 5.02. The number of benzene rings is 2. The first-order chi connectivity index (χ1) is 20.3. The molecule has 0 saturated carbocycles. The first-order valence-electron chi connectivity index (χ1n) is 11.8.